The molecule has 0 fully saturated rings. The number of thiazole rings is 1. The van der Waals surface area contributed by atoms with Gasteiger partial charge in [-0.1, -0.05) is 17.7 Å². The molecule has 0 saturated heterocycles. The van der Waals surface area contributed by atoms with Gasteiger partial charge in [-0.25, -0.2) is 18.2 Å². The van der Waals surface area contributed by atoms with E-state index in [4.69, 9.17) is 16.3 Å². The summed E-state index contributed by atoms with van der Waals surface area (Å²) >= 11 is 6.86. The third-order valence-corrected chi connectivity index (χ3v) is 6.12. The highest BCUT2D eigenvalue weighted by Gasteiger charge is 2.17. The zero-order valence-electron chi connectivity index (χ0n) is 15.6. The number of aromatic nitrogens is 1. The van der Waals surface area contributed by atoms with Crippen LogP contribution in [0, 0.1) is 0 Å². The van der Waals surface area contributed by atoms with Gasteiger partial charge in [0, 0.05) is 21.7 Å². The average Bonchev–Trinajstić information content (AvgIpc) is 3.17. The predicted molar refractivity (Wildman–Crippen MR) is 115 cm³/mol. The SMILES string of the molecule is CCOC(=O)c1csc(NC(=O)c2cccc(NS(=O)(=O)c3ccc(Cl)cc3)c2)n1. The molecule has 2 N–H and O–H groups in total. The minimum absolute atomic E-state index is 0.0380. The van der Waals surface area contributed by atoms with Gasteiger partial charge in [0.2, 0.25) is 0 Å². The number of hydrogen-bond acceptors (Lipinski definition) is 7. The first-order valence-corrected chi connectivity index (χ1v) is 11.3. The fourth-order valence-corrected chi connectivity index (χ4v) is 4.20. The molecule has 0 aliphatic rings. The van der Waals surface area contributed by atoms with Crippen LogP contribution in [0.1, 0.15) is 27.8 Å². The van der Waals surface area contributed by atoms with Gasteiger partial charge in [-0.15, -0.1) is 11.3 Å². The van der Waals surface area contributed by atoms with E-state index in [2.05, 4.69) is 15.0 Å². The third kappa shape index (κ3) is 5.35. The van der Waals surface area contributed by atoms with Crippen molar-refractivity contribution >= 4 is 55.7 Å². The molecule has 0 atom stereocenters. The number of rotatable bonds is 7. The number of anilines is 2. The summed E-state index contributed by atoms with van der Waals surface area (Å²) in [5.41, 5.74) is 0.518. The molecule has 30 heavy (non-hydrogen) atoms. The summed E-state index contributed by atoms with van der Waals surface area (Å²) in [4.78, 5) is 28.2. The normalized spacial score (nSPS) is 11.0. The lowest BCUT2D eigenvalue weighted by Crippen LogP contribution is -2.15. The first kappa shape index (κ1) is 21.8. The lowest BCUT2D eigenvalue weighted by atomic mass is 10.2. The first-order valence-electron chi connectivity index (χ1n) is 8.61. The van der Waals surface area contributed by atoms with Crippen LogP contribution in [0.15, 0.2) is 58.8 Å². The van der Waals surface area contributed by atoms with Crippen molar-refractivity contribution in [3.05, 3.63) is 70.2 Å². The summed E-state index contributed by atoms with van der Waals surface area (Å²) in [7, 11) is -3.85. The van der Waals surface area contributed by atoms with Gasteiger partial charge in [-0.2, -0.15) is 0 Å². The largest absolute Gasteiger partial charge is 0.461 e. The van der Waals surface area contributed by atoms with Crippen molar-refractivity contribution in [3.63, 3.8) is 0 Å². The molecule has 1 heterocycles. The van der Waals surface area contributed by atoms with Gasteiger partial charge >= 0.3 is 5.97 Å². The smallest absolute Gasteiger partial charge is 0.357 e. The summed E-state index contributed by atoms with van der Waals surface area (Å²) < 4.78 is 32.3. The van der Waals surface area contributed by atoms with E-state index < -0.39 is 21.9 Å². The van der Waals surface area contributed by atoms with Gasteiger partial charge in [0.05, 0.1) is 11.5 Å². The molecule has 3 aromatic rings. The number of amides is 1. The van der Waals surface area contributed by atoms with Crippen LogP contribution in [-0.2, 0) is 14.8 Å². The van der Waals surface area contributed by atoms with Crippen molar-refractivity contribution in [2.45, 2.75) is 11.8 Å². The van der Waals surface area contributed by atoms with Crippen molar-refractivity contribution < 1.29 is 22.7 Å². The lowest BCUT2D eigenvalue weighted by Gasteiger charge is -2.09. The Bertz CT molecular complexity index is 1180. The average molecular weight is 466 g/mol. The van der Waals surface area contributed by atoms with E-state index in [9.17, 15) is 18.0 Å². The number of hydrogen-bond donors (Lipinski definition) is 2. The van der Waals surface area contributed by atoms with Gasteiger partial charge in [-0.05, 0) is 49.4 Å². The van der Waals surface area contributed by atoms with Crippen LogP contribution in [-0.4, -0.2) is 31.9 Å². The molecule has 0 bridgehead atoms. The number of halogens is 1. The molecule has 1 aromatic heterocycles. The Kier molecular flexibility index (Phi) is 6.70. The van der Waals surface area contributed by atoms with Gasteiger partial charge in [0.25, 0.3) is 15.9 Å². The Morgan fingerprint density at radius 3 is 2.60 bits per heavy atom. The van der Waals surface area contributed by atoms with Gasteiger partial charge in [0.15, 0.2) is 10.8 Å². The zero-order chi connectivity index (χ0) is 21.7. The van der Waals surface area contributed by atoms with Crippen LogP contribution in [0.2, 0.25) is 5.02 Å². The molecule has 2 aromatic carbocycles. The molecule has 8 nitrogen and oxygen atoms in total. The molecule has 0 aliphatic heterocycles. The number of esters is 1. The molecule has 156 valence electrons. The number of carbonyl (C=O) groups excluding carboxylic acids is 2. The topological polar surface area (TPSA) is 114 Å². The van der Waals surface area contributed by atoms with Gasteiger partial charge in [0.1, 0.15) is 0 Å². The van der Waals surface area contributed by atoms with E-state index in [1.165, 1.54) is 47.8 Å². The van der Waals surface area contributed by atoms with E-state index in [1.54, 1.807) is 13.0 Å². The minimum atomic E-state index is -3.85. The fourth-order valence-electron chi connectivity index (χ4n) is 2.35. The molecule has 0 spiro atoms. The summed E-state index contributed by atoms with van der Waals surface area (Å²) in [6, 6.07) is 11.7. The van der Waals surface area contributed by atoms with Crippen molar-refractivity contribution in [2.24, 2.45) is 0 Å². The second-order valence-electron chi connectivity index (χ2n) is 5.85. The van der Waals surface area contributed by atoms with Gasteiger partial charge < -0.3 is 4.74 Å². The van der Waals surface area contributed by atoms with Crippen molar-refractivity contribution in [1.82, 2.24) is 4.98 Å². The third-order valence-electron chi connectivity index (χ3n) is 3.71. The fraction of sp³-hybridized carbons (Fsp3) is 0.105. The second-order valence-corrected chi connectivity index (χ2v) is 8.83. The van der Waals surface area contributed by atoms with E-state index >= 15 is 0 Å². The summed E-state index contributed by atoms with van der Waals surface area (Å²) in [5.74, 6) is -1.08. The summed E-state index contributed by atoms with van der Waals surface area (Å²) in [6.07, 6.45) is 0. The standard InChI is InChI=1S/C19H16ClN3O5S2/c1-2-28-18(25)16-11-29-19(21-16)22-17(24)12-4-3-5-14(10-12)23-30(26,27)15-8-6-13(20)7-9-15/h3-11,23H,2H2,1H3,(H,21,22,24). The van der Waals surface area contributed by atoms with E-state index in [-0.39, 0.29) is 33.6 Å². The van der Waals surface area contributed by atoms with E-state index in [0.29, 0.717) is 5.02 Å². The van der Waals surface area contributed by atoms with Crippen LogP contribution in [0.25, 0.3) is 0 Å². The number of benzene rings is 2. The lowest BCUT2D eigenvalue weighted by molar-refractivity contribution is 0.0520. The Hall–Kier alpha value is -2.95. The molecule has 0 saturated carbocycles. The molecule has 3 rings (SSSR count). The second kappa shape index (κ2) is 9.24. The maximum absolute atomic E-state index is 12.5. The Labute approximate surface area is 181 Å². The van der Waals surface area contributed by atoms with Crippen molar-refractivity contribution in [2.75, 3.05) is 16.6 Å². The van der Waals surface area contributed by atoms with Crippen LogP contribution in [0.3, 0.4) is 0 Å². The monoisotopic (exact) mass is 465 g/mol. The molecule has 1 amide bonds. The Balaban J connectivity index is 1.72. The Morgan fingerprint density at radius 2 is 1.90 bits per heavy atom. The van der Waals surface area contributed by atoms with E-state index in [0.717, 1.165) is 11.3 Å². The highest BCUT2D eigenvalue weighted by atomic mass is 35.5. The number of ether oxygens (including phenoxy) is 1. The zero-order valence-corrected chi connectivity index (χ0v) is 18.0. The number of sulfonamides is 1. The Morgan fingerprint density at radius 1 is 1.17 bits per heavy atom. The molecule has 11 heteroatoms. The van der Waals surface area contributed by atoms with Gasteiger partial charge in [-0.3, -0.25) is 14.8 Å². The number of nitrogens with zero attached hydrogens (tertiary/aromatic N) is 1. The quantitative estimate of drug-likeness (QED) is 0.509. The number of nitrogens with one attached hydrogen (secondary N) is 2. The predicted octanol–water partition coefficient (Wildman–Crippen LogP) is 4.03. The molecule has 0 unspecified atom stereocenters. The van der Waals surface area contributed by atoms with Crippen molar-refractivity contribution in [3.8, 4) is 0 Å². The maximum Gasteiger partial charge on any atom is 0.357 e. The minimum Gasteiger partial charge on any atom is -0.461 e. The summed E-state index contributed by atoms with van der Waals surface area (Å²) in [6.45, 7) is 1.90. The van der Waals surface area contributed by atoms with Crippen LogP contribution in [0.4, 0.5) is 10.8 Å². The maximum atomic E-state index is 12.5. The van der Waals surface area contributed by atoms with Crippen LogP contribution < -0.4 is 10.0 Å². The van der Waals surface area contributed by atoms with Crippen LogP contribution >= 0.6 is 22.9 Å². The van der Waals surface area contributed by atoms with E-state index in [1.807, 2.05) is 0 Å². The highest BCUT2D eigenvalue weighted by Crippen LogP contribution is 2.21. The molecule has 0 aliphatic carbocycles. The van der Waals surface area contributed by atoms with Crippen molar-refractivity contribution in [1.29, 1.82) is 0 Å². The molecular formula is C19H16ClN3O5S2. The highest BCUT2D eigenvalue weighted by molar-refractivity contribution is 7.92. The first-order chi connectivity index (χ1) is 14.3. The molecular weight excluding hydrogens is 450 g/mol. The van der Waals surface area contributed by atoms with Crippen LogP contribution in [0.5, 0.6) is 0 Å². The number of carbonyl (C=O) groups is 2. The summed E-state index contributed by atoms with van der Waals surface area (Å²) in [5, 5.41) is 4.68. The molecule has 0 radical (unpaired) electrons.